The monoisotopic (exact) mass is 532 g/mol. The van der Waals surface area contributed by atoms with Gasteiger partial charge in [-0.3, -0.25) is 9.48 Å². The van der Waals surface area contributed by atoms with Crippen LogP contribution >= 0.6 is 0 Å². The number of rotatable bonds is 7. The van der Waals surface area contributed by atoms with Crippen LogP contribution in [0.5, 0.6) is 0 Å². The molecule has 38 heavy (non-hydrogen) atoms. The molecule has 0 radical (unpaired) electrons. The van der Waals surface area contributed by atoms with Gasteiger partial charge in [0.25, 0.3) is 0 Å². The van der Waals surface area contributed by atoms with Gasteiger partial charge in [0.05, 0.1) is 24.7 Å². The van der Waals surface area contributed by atoms with Crippen LogP contribution in [0.15, 0.2) is 47.2 Å². The lowest BCUT2D eigenvalue weighted by Gasteiger charge is -2.18. The lowest BCUT2D eigenvalue weighted by molar-refractivity contribution is -0.189. The summed E-state index contributed by atoms with van der Waals surface area (Å²) in [6, 6.07) is 7.14. The maximum atomic E-state index is 14.4. The quantitative estimate of drug-likeness (QED) is 0.310. The Morgan fingerprint density at radius 2 is 2.00 bits per heavy atom. The molecule has 0 saturated heterocycles. The van der Waals surface area contributed by atoms with Crippen molar-refractivity contribution >= 4 is 17.4 Å². The fourth-order valence-corrected chi connectivity index (χ4v) is 4.16. The van der Waals surface area contributed by atoms with Gasteiger partial charge >= 0.3 is 6.18 Å². The average Bonchev–Trinajstić information content (AvgIpc) is 3.41. The number of aromatic nitrogens is 4. The van der Waals surface area contributed by atoms with E-state index in [4.69, 9.17) is 10.2 Å². The molecule has 3 heterocycles. The van der Waals surface area contributed by atoms with E-state index in [0.717, 1.165) is 12.3 Å². The number of furan rings is 1. The second-order valence-corrected chi connectivity index (χ2v) is 8.92. The van der Waals surface area contributed by atoms with Crippen molar-refractivity contribution in [1.82, 2.24) is 19.7 Å². The Labute approximate surface area is 212 Å². The molecule has 1 fully saturated rings. The van der Waals surface area contributed by atoms with E-state index in [1.807, 2.05) is 6.92 Å². The van der Waals surface area contributed by atoms with Gasteiger partial charge in [-0.2, -0.15) is 18.3 Å². The largest absolute Gasteiger partial charge is 0.469 e. The van der Waals surface area contributed by atoms with Gasteiger partial charge in [0.2, 0.25) is 5.91 Å². The van der Waals surface area contributed by atoms with Gasteiger partial charge in [-0.1, -0.05) is 19.1 Å². The molecule has 4 aromatic rings. The van der Waals surface area contributed by atoms with Crippen LogP contribution in [-0.2, 0) is 17.8 Å². The number of carbonyl (C=O) groups excluding carboxylic acids is 1. The van der Waals surface area contributed by atoms with Crippen LogP contribution in [0.1, 0.15) is 31.1 Å². The molecule has 3 aromatic heterocycles. The third kappa shape index (κ3) is 4.37. The van der Waals surface area contributed by atoms with Crippen LogP contribution in [-0.4, -0.2) is 31.8 Å². The summed E-state index contributed by atoms with van der Waals surface area (Å²) in [7, 11) is 0. The second kappa shape index (κ2) is 9.23. The number of hydrogen-bond acceptors (Lipinski definition) is 6. The zero-order chi connectivity index (χ0) is 27.2. The molecular formula is C25H21F5N6O2. The number of nitrogens with zero attached hydrogens (tertiary/aromatic N) is 4. The molecular weight excluding hydrogens is 511 g/mol. The van der Waals surface area contributed by atoms with E-state index in [1.54, 1.807) is 12.1 Å². The molecule has 1 saturated carbocycles. The highest BCUT2D eigenvalue weighted by Crippen LogP contribution is 2.58. The Kier molecular flexibility index (Phi) is 6.16. The summed E-state index contributed by atoms with van der Waals surface area (Å²) < 4.78 is 75.0. The molecule has 5 rings (SSSR count). The molecule has 1 aliphatic carbocycles. The molecule has 198 valence electrons. The number of amides is 1. The number of carbonyl (C=O) groups is 1. The van der Waals surface area contributed by atoms with Gasteiger partial charge in [-0.15, -0.1) is 0 Å². The van der Waals surface area contributed by atoms with Crippen molar-refractivity contribution in [3.63, 3.8) is 0 Å². The Bertz CT molecular complexity index is 1520. The minimum absolute atomic E-state index is 0.0127. The van der Waals surface area contributed by atoms with Gasteiger partial charge in [-0.25, -0.2) is 18.7 Å². The average molecular weight is 532 g/mol. The number of alkyl halides is 3. The number of anilines is 2. The molecule has 13 heteroatoms. The van der Waals surface area contributed by atoms with E-state index in [-0.39, 0.29) is 48.0 Å². The summed E-state index contributed by atoms with van der Waals surface area (Å²) >= 11 is 0. The molecule has 1 aromatic carbocycles. The molecule has 8 nitrogen and oxygen atoms in total. The molecule has 3 N–H and O–H groups in total. The van der Waals surface area contributed by atoms with Crippen molar-refractivity contribution in [3.05, 3.63) is 65.7 Å². The number of benzene rings is 1. The third-order valence-corrected chi connectivity index (χ3v) is 6.50. The zero-order valence-electron chi connectivity index (χ0n) is 19.9. The minimum Gasteiger partial charge on any atom is -0.469 e. The summed E-state index contributed by atoms with van der Waals surface area (Å²) in [5.41, 5.74) is 4.78. The minimum atomic E-state index is -4.68. The van der Waals surface area contributed by atoms with Gasteiger partial charge in [0, 0.05) is 17.5 Å². The fraction of sp³-hybridized carbons (Fsp3) is 0.280. The first-order chi connectivity index (χ1) is 18.0. The number of nitrogens with two attached hydrogens (primary N) is 1. The molecule has 0 bridgehead atoms. The number of nitrogen functional groups attached to an aromatic ring is 1. The maximum absolute atomic E-state index is 14.4. The van der Waals surface area contributed by atoms with E-state index in [0.29, 0.717) is 23.4 Å². The lowest BCUT2D eigenvalue weighted by Crippen LogP contribution is -2.37. The van der Waals surface area contributed by atoms with E-state index in [2.05, 4.69) is 20.4 Å². The molecule has 1 amide bonds. The fourth-order valence-electron chi connectivity index (χ4n) is 4.16. The summed E-state index contributed by atoms with van der Waals surface area (Å²) in [5, 5.41) is 6.63. The van der Waals surface area contributed by atoms with Gasteiger partial charge in [-0.05, 0) is 31.0 Å². The second-order valence-electron chi connectivity index (χ2n) is 8.92. The third-order valence-electron chi connectivity index (χ3n) is 6.50. The summed E-state index contributed by atoms with van der Waals surface area (Å²) in [5.74, 6) is -2.84. The van der Waals surface area contributed by atoms with Crippen molar-refractivity contribution in [3.8, 4) is 22.8 Å². The topological polar surface area (TPSA) is 112 Å². The summed E-state index contributed by atoms with van der Waals surface area (Å²) in [6.07, 6.45) is -2.15. The Morgan fingerprint density at radius 1 is 1.24 bits per heavy atom. The number of aryl methyl sites for hydroxylation is 1. The van der Waals surface area contributed by atoms with E-state index in [1.165, 1.54) is 23.1 Å². The predicted octanol–water partition coefficient (Wildman–Crippen LogP) is 5.35. The molecule has 0 spiro atoms. The SMILES string of the molecule is CCc1occc1-c1cc(-c2ncc(NC(=O)C3(C(F)(F)F)CC3)c(N)n2)nn1Cc1cccc(F)c1F. The highest BCUT2D eigenvalue weighted by atomic mass is 19.4. The number of halogens is 5. The van der Waals surface area contributed by atoms with Crippen LogP contribution in [0, 0.1) is 17.0 Å². The summed E-state index contributed by atoms with van der Waals surface area (Å²) in [4.78, 5) is 20.5. The Hall–Kier alpha value is -4.29. The van der Waals surface area contributed by atoms with Crippen LogP contribution in [0.3, 0.4) is 0 Å². The van der Waals surface area contributed by atoms with Gasteiger partial charge < -0.3 is 15.5 Å². The highest BCUT2D eigenvalue weighted by Gasteiger charge is 2.68. The van der Waals surface area contributed by atoms with Crippen LogP contribution in [0.2, 0.25) is 0 Å². The molecule has 0 atom stereocenters. The zero-order valence-corrected chi connectivity index (χ0v) is 19.9. The molecule has 0 aliphatic heterocycles. The highest BCUT2D eigenvalue weighted by molar-refractivity contribution is 5.99. The van der Waals surface area contributed by atoms with Gasteiger partial charge in [0.15, 0.2) is 23.3 Å². The van der Waals surface area contributed by atoms with Crippen LogP contribution in [0.25, 0.3) is 22.8 Å². The van der Waals surface area contributed by atoms with E-state index < -0.39 is 29.1 Å². The van der Waals surface area contributed by atoms with Crippen LogP contribution in [0.4, 0.5) is 33.5 Å². The Morgan fingerprint density at radius 3 is 2.66 bits per heavy atom. The summed E-state index contributed by atoms with van der Waals surface area (Å²) in [6.45, 7) is 1.76. The lowest BCUT2D eigenvalue weighted by atomic mass is 10.1. The first-order valence-corrected chi connectivity index (χ1v) is 11.6. The van der Waals surface area contributed by atoms with Gasteiger partial charge in [0.1, 0.15) is 22.6 Å². The number of hydrogen-bond donors (Lipinski definition) is 2. The van der Waals surface area contributed by atoms with Crippen LogP contribution < -0.4 is 11.1 Å². The van der Waals surface area contributed by atoms with Crippen molar-refractivity contribution in [2.75, 3.05) is 11.1 Å². The normalized spacial score (nSPS) is 14.5. The maximum Gasteiger partial charge on any atom is 0.403 e. The Balaban J connectivity index is 1.49. The first-order valence-electron chi connectivity index (χ1n) is 11.6. The molecule has 1 aliphatic rings. The van der Waals surface area contributed by atoms with Crippen molar-refractivity contribution in [2.45, 2.75) is 38.9 Å². The number of nitrogens with one attached hydrogen (secondary N) is 1. The standard InChI is InChI=1S/C25H21F5N6O2/c1-2-19-14(6-9-38-19)18-10-16(35-36(18)12-13-4-3-5-15(26)20(13)27)22-32-11-17(21(31)34-22)33-23(37)24(7-8-24)25(28,29)30/h3-6,9-11H,2,7-8,12H2,1H3,(H,33,37)(H2,31,32,34). The van der Waals surface area contributed by atoms with E-state index >= 15 is 0 Å². The smallest absolute Gasteiger partial charge is 0.403 e. The van der Waals surface area contributed by atoms with E-state index in [9.17, 15) is 26.7 Å². The van der Waals surface area contributed by atoms with Crippen molar-refractivity contribution < 1.29 is 31.2 Å². The molecule has 0 unspecified atom stereocenters. The first kappa shape index (κ1) is 25.4. The predicted molar refractivity (Wildman–Crippen MR) is 127 cm³/mol. The van der Waals surface area contributed by atoms with Crippen molar-refractivity contribution in [2.24, 2.45) is 5.41 Å². The van der Waals surface area contributed by atoms with Crippen molar-refractivity contribution in [1.29, 1.82) is 0 Å².